The molecule has 0 saturated carbocycles. The first-order valence-electron chi connectivity index (χ1n) is 5.79. The molecule has 110 valence electrons. The van der Waals surface area contributed by atoms with Gasteiger partial charge in [0.1, 0.15) is 5.82 Å². The van der Waals surface area contributed by atoms with Gasteiger partial charge >= 0.3 is 0 Å². The van der Waals surface area contributed by atoms with Crippen molar-refractivity contribution in [2.24, 2.45) is 0 Å². The molecule has 0 amide bonds. The Morgan fingerprint density at radius 2 is 1.90 bits per heavy atom. The van der Waals surface area contributed by atoms with E-state index < -0.39 is 31.0 Å². The Balaban J connectivity index is 2.21. The van der Waals surface area contributed by atoms with Gasteiger partial charge in [-0.2, -0.15) is 0 Å². The van der Waals surface area contributed by atoms with E-state index >= 15 is 0 Å². The maximum absolute atomic E-state index is 11.7. The van der Waals surface area contributed by atoms with Gasteiger partial charge in [0.05, 0.1) is 17.1 Å². The number of para-hydroxylation sites is 2. The fraction of sp³-hybridized carbons (Fsp3) is 0.364. The first-order chi connectivity index (χ1) is 9.16. The summed E-state index contributed by atoms with van der Waals surface area (Å²) >= 11 is 0. The third-order valence-electron chi connectivity index (χ3n) is 2.54. The fourth-order valence-corrected chi connectivity index (χ4v) is 5.00. The van der Waals surface area contributed by atoms with Gasteiger partial charge in [-0.15, -0.1) is 0 Å². The highest BCUT2D eigenvalue weighted by atomic mass is 32.3. The minimum absolute atomic E-state index is 0.434. The highest BCUT2D eigenvalue weighted by molar-refractivity contribution is 8.06. The van der Waals surface area contributed by atoms with Gasteiger partial charge in [-0.1, -0.05) is 12.1 Å². The molecule has 2 aromatic rings. The number of rotatable bonds is 5. The maximum Gasteiger partial charge on any atom is 0.226 e. The van der Waals surface area contributed by atoms with E-state index in [9.17, 15) is 16.8 Å². The molecule has 1 heterocycles. The van der Waals surface area contributed by atoms with Crippen LogP contribution in [0.1, 0.15) is 18.8 Å². The highest BCUT2D eigenvalue weighted by Crippen LogP contribution is 2.16. The van der Waals surface area contributed by atoms with Crippen LogP contribution in [0.5, 0.6) is 0 Å². The monoisotopic (exact) mass is 317 g/mol. The average Bonchev–Trinajstić information content (AvgIpc) is 2.68. The van der Waals surface area contributed by atoms with E-state index in [1.165, 1.54) is 0 Å². The molecule has 0 radical (unpaired) electrons. The van der Waals surface area contributed by atoms with Crippen molar-refractivity contribution in [3.05, 3.63) is 30.1 Å². The standard InChI is InChI=1S/C11H15N3O4S2/c1-8(14-20(17,18)7-19(2,15)16)11-12-9-5-3-4-6-10(9)13-11/h3-6,8,14H,7H2,1-2H3,(H,12,13). The van der Waals surface area contributed by atoms with Crippen molar-refractivity contribution in [3.63, 3.8) is 0 Å². The number of benzene rings is 1. The van der Waals surface area contributed by atoms with Crippen molar-refractivity contribution in [1.82, 2.24) is 14.7 Å². The van der Waals surface area contributed by atoms with Crippen molar-refractivity contribution in [1.29, 1.82) is 0 Å². The molecular weight excluding hydrogens is 302 g/mol. The zero-order valence-electron chi connectivity index (χ0n) is 11.0. The number of aromatic nitrogens is 2. The van der Waals surface area contributed by atoms with Gasteiger partial charge in [0.2, 0.25) is 10.0 Å². The molecule has 2 rings (SSSR count). The lowest BCUT2D eigenvalue weighted by atomic mass is 10.3. The van der Waals surface area contributed by atoms with E-state index in [0.29, 0.717) is 5.82 Å². The molecular formula is C11H15N3O4S2. The summed E-state index contributed by atoms with van der Waals surface area (Å²) in [6.45, 7) is 1.59. The zero-order chi connectivity index (χ0) is 15.0. The van der Waals surface area contributed by atoms with E-state index in [1.807, 2.05) is 18.2 Å². The lowest BCUT2D eigenvalue weighted by Gasteiger charge is -2.11. The molecule has 1 unspecified atom stereocenters. The number of hydrogen-bond donors (Lipinski definition) is 2. The van der Waals surface area contributed by atoms with Gasteiger partial charge < -0.3 is 4.98 Å². The molecule has 0 fully saturated rings. The summed E-state index contributed by atoms with van der Waals surface area (Å²) in [6, 6.07) is 6.64. The molecule has 0 saturated heterocycles. The van der Waals surface area contributed by atoms with Crippen LogP contribution in [0.15, 0.2) is 24.3 Å². The second-order valence-corrected chi connectivity index (χ2v) is 8.90. The molecule has 1 atom stereocenters. The summed E-state index contributed by atoms with van der Waals surface area (Å²) in [5, 5.41) is -0.940. The van der Waals surface area contributed by atoms with Crippen molar-refractivity contribution in [2.75, 3.05) is 11.3 Å². The molecule has 0 aliphatic heterocycles. The summed E-state index contributed by atoms with van der Waals surface area (Å²) in [4.78, 5) is 7.25. The van der Waals surface area contributed by atoms with Crippen LogP contribution in [0.3, 0.4) is 0 Å². The molecule has 7 nitrogen and oxygen atoms in total. The van der Waals surface area contributed by atoms with Crippen LogP contribution in [0, 0.1) is 0 Å². The molecule has 0 aliphatic rings. The third-order valence-corrected chi connectivity index (χ3v) is 6.21. The van der Waals surface area contributed by atoms with E-state index in [0.717, 1.165) is 17.3 Å². The van der Waals surface area contributed by atoms with Crippen LogP contribution in [-0.2, 0) is 19.9 Å². The predicted molar refractivity (Wildman–Crippen MR) is 76.3 cm³/mol. The molecule has 0 spiro atoms. The number of sulfone groups is 1. The molecule has 0 aliphatic carbocycles. The van der Waals surface area contributed by atoms with Crippen LogP contribution < -0.4 is 4.72 Å². The lowest BCUT2D eigenvalue weighted by Crippen LogP contribution is -2.32. The number of nitrogens with zero attached hydrogens (tertiary/aromatic N) is 1. The van der Waals surface area contributed by atoms with Crippen molar-refractivity contribution >= 4 is 30.9 Å². The first-order valence-corrected chi connectivity index (χ1v) is 9.50. The second kappa shape index (κ2) is 5.15. The van der Waals surface area contributed by atoms with Gasteiger partial charge in [0.25, 0.3) is 0 Å². The Morgan fingerprint density at radius 3 is 2.50 bits per heavy atom. The van der Waals surface area contributed by atoms with E-state index in [2.05, 4.69) is 14.7 Å². The Bertz CT molecular complexity index is 791. The number of imidazole rings is 1. The van der Waals surface area contributed by atoms with Gasteiger partial charge in [-0.25, -0.2) is 26.5 Å². The molecule has 20 heavy (non-hydrogen) atoms. The van der Waals surface area contributed by atoms with Crippen LogP contribution in [0.2, 0.25) is 0 Å². The van der Waals surface area contributed by atoms with Gasteiger partial charge in [-0.3, -0.25) is 0 Å². The average molecular weight is 317 g/mol. The maximum atomic E-state index is 11.7. The Kier molecular flexibility index (Phi) is 3.85. The number of hydrogen-bond acceptors (Lipinski definition) is 5. The third kappa shape index (κ3) is 3.78. The fourth-order valence-electron chi connectivity index (χ4n) is 1.82. The predicted octanol–water partition coefficient (Wildman–Crippen LogP) is 0.545. The number of nitrogens with one attached hydrogen (secondary N) is 2. The molecule has 1 aromatic heterocycles. The van der Waals surface area contributed by atoms with Crippen LogP contribution in [0.4, 0.5) is 0 Å². The first kappa shape index (κ1) is 14.9. The molecule has 1 aromatic carbocycles. The van der Waals surface area contributed by atoms with Crippen molar-refractivity contribution < 1.29 is 16.8 Å². The number of aromatic amines is 1. The molecule has 9 heteroatoms. The summed E-state index contributed by atoms with van der Waals surface area (Å²) in [5.74, 6) is 0.434. The topological polar surface area (TPSA) is 109 Å². The zero-order valence-corrected chi connectivity index (χ0v) is 12.6. The van der Waals surface area contributed by atoms with Gasteiger partial charge in [-0.05, 0) is 19.1 Å². The summed E-state index contributed by atoms with van der Waals surface area (Å²) < 4.78 is 47.8. The van der Waals surface area contributed by atoms with E-state index in [1.54, 1.807) is 13.0 Å². The minimum Gasteiger partial charge on any atom is -0.341 e. The van der Waals surface area contributed by atoms with E-state index in [4.69, 9.17) is 0 Å². The molecule has 2 N–H and O–H groups in total. The summed E-state index contributed by atoms with van der Waals surface area (Å²) in [5.41, 5.74) is 1.51. The van der Waals surface area contributed by atoms with Gasteiger partial charge in [0.15, 0.2) is 14.9 Å². The van der Waals surface area contributed by atoms with Gasteiger partial charge in [0, 0.05) is 6.26 Å². The summed E-state index contributed by atoms with van der Waals surface area (Å²) in [7, 11) is -7.54. The number of sulfonamides is 1. The molecule has 0 bridgehead atoms. The lowest BCUT2D eigenvalue weighted by molar-refractivity contribution is 0.563. The summed E-state index contributed by atoms with van der Waals surface area (Å²) in [6.07, 6.45) is 0.873. The SMILES string of the molecule is CC(NS(=O)(=O)CS(C)(=O)=O)c1nc2ccccc2[nH]1. The Hall–Kier alpha value is -1.45. The van der Waals surface area contributed by atoms with Crippen LogP contribution >= 0.6 is 0 Å². The number of fused-ring (bicyclic) bond motifs is 1. The highest BCUT2D eigenvalue weighted by Gasteiger charge is 2.22. The van der Waals surface area contributed by atoms with Crippen LogP contribution in [-0.4, -0.2) is 38.1 Å². The quantitative estimate of drug-likeness (QED) is 0.837. The normalized spacial score (nSPS) is 14.5. The van der Waals surface area contributed by atoms with E-state index in [-0.39, 0.29) is 0 Å². The van der Waals surface area contributed by atoms with Crippen molar-refractivity contribution in [3.8, 4) is 0 Å². The number of H-pyrrole nitrogens is 1. The van der Waals surface area contributed by atoms with Crippen molar-refractivity contribution in [2.45, 2.75) is 13.0 Å². The Labute approximate surface area is 117 Å². The Morgan fingerprint density at radius 1 is 1.25 bits per heavy atom. The second-order valence-electron chi connectivity index (χ2n) is 4.64. The smallest absolute Gasteiger partial charge is 0.226 e. The minimum atomic E-state index is -3.92. The van der Waals surface area contributed by atoms with Crippen LogP contribution in [0.25, 0.3) is 11.0 Å². The largest absolute Gasteiger partial charge is 0.341 e.